The predicted molar refractivity (Wildman–Crippen MR) is 136 cm³/mol. The number of carbonyl (C=O) groups excluding carboxylic acids is 1. The molecule has 0 amide bonds. The molecule has 0 aromatic heterocycles. The highest BCUT2D eigenvalue weighted by Gasteiger charge is 2.63. The second-order valence-electron chi connectivity index (χ2n) is 13.8. The molecule has 4 aliphatic carbocycles. The Hall–Kier alpha value is -0.970. The number of rotatable bonds is 6. The molecule has 4 nitrogen and oxygen atoms in total. The monoisotopic (exact) mass is 472 g/mol. The van der Waals surface area contributed by atoms with Crippen LogP contribution >= 0.6 is 0 Å². The van der Waals surface area contributed by atoms with Gasteiger partial charge in [-0.1, -0.05) is 53.7 Å². The fraction of sp³-hybridized carbons (Fsp3) is 0.833. The van der Waals surface area contributed by atoms with Crippen molar-refractivity contribution in [1.29, 1.82) is 0 Å². The van der Waals surface area contributed by atoms with Crippen LogP contribution in [-0.2, 0) is 4.79 Å². The minimum Gasteiger partial charge on any atom is -0.393 e. The topological polar surface area (TPSA) is 77.8 Å². The number of hydrogen-bond acceptors (Lipinski definition) is 4. The summed E-state index contributed by atoms with van der Waals surface area (Å²) < 4.78 is 0. The van der Waals surface area contributed by atoms with E-state index in [9.17, 15) is 20.1 Å². The van der Waals surface area contributed by atoms with Crippen molar-refractivity contribution in [2.45, 2.75) is 112 Å². The van der Waals surface area contributed by atoms with Gasteiger partial charge < -0.3 is 15.3 Å². The van der Waals surface area contributed by atoms with Crippen LogP contribution in [0.2, 0.25) is 0 Å². The third-order valence-electron chi connectivity index (χ3n) is 11.7. The van der Waals surface area contributed by atoms with E-state index in [1.807, 2.05) is 0 Å². The molecule has 2 fully saturated rings. The zero-order valence-electron chi connectivity index (χ0n) is 22.6. The summed E-state index contributed by atoms with van der Waals surface area (Å²) in [7, 11) is 0. The van der Waals surface area contributed by atoms with Crippen molar-refractivity contribution >= 4 is 5.78 Å². The number of Topliss-reactive ketones (excluding diaryl/α,β-unsaturated/α-hetero) is 1. The van der Waals surface area contributed by atoms with E-state index in [1.165, 1.54) is 25.3 Å². The van der Waals surface area contributed by atoms with Gasteiger partial charge in [0.1, 0.15) is 11.4 Å². The maximum Gasteiger partial charge on any atom is 0.138 e. The van der Waals surface area contributed by atoms with E-state index in [1.54, 1.807) is 5.57 Å². The first kappa shape index (κ1) is 26.1. The number of ketones is 1. The Labute approximate surface area is 206 Å². The zero-order valence-corrected chi connectivity index (χ0v) is 22.6. The highest BCUT2D eigenvalue weighted by Crippen LogP contribution is 2.71. The molecule has 3 N–H and O–H groups in total. The second kappa shape index (κ2) is 8.28. The van der Waals surface area contributed by atoms with Crippen LogP contribution in [0.5, 0.6) is 0 Å². The lowest BCUT2D eigenvalue weighted by Crippen LogP contribution is -2.53. The number of fused-ring (bicyclic) bond motifs is 5. The van der Waals surface area contributed by atoms with E-state index in [0.29, 0.717) is 36.4 Å². The third-order valence-corrected chi connectivity index (χ3v) is 11.7. The van der Waals surface area contributed by atoms with Gasteiger partial charge in [-0.05, 0) is 97.0 Å². The molecule has 0 bridgehead atoms. The van der Waals surface area contributed by atoms with Crippen LogP contribution in [0, 0.1) is 39.4 Å². The Balaban J connectivity index is 1.60. The molecule has 0 aliphatic heterocycles. The van der Waals surface area contributed by atoms with Gasteiger partial charge in [-0.25, -0.2) is 0 Å². The van der Waals surface area contributed by atoms with Crippen molar-refractivity contribution in [3.8, 4) is 0 Å². The smallest absolute Gasteiger partial charge is 0.138 e. The highest BCUT2D eigenvalue weighted by atomic mass is 16.4. The van der Waals surface area contributed by atoms with Gasteiger partial charge in [0.05, 0.1) is 12.7 Å². The molecular weight excluding hydrogens is 424 g/mol. The van der Waals surface area contributed by atoms with E-state index < -0.39 is 18.3 Å². The minimum atomic E-state index is -1.44. The van der Waals surface area contributed by atoms with Gasteiger partial charge in [-0.2, -0.15) is 0 Å². The van der Waals surface area contributed by atoms with Crippen LogP contribution in [-0.4, -0.2) is 39.4 Å². The summed E-state index contributed by atoms with van der Waals surface area (Å²) in [5.74, 6) is 1.79. The van der Waals surface area contributed by atoms with Crippen LogP contribution < -0.4 is 0 Å². The van der Waals surface area contributed by atoms with Crippen molar-refractivity contribution < 1.29 is 20.1 Å². The van der Waals surface area contributed by atoms with E-state index in [4.69, 9.17) is 0 Å². The van der Waals surface area contributed by atoms with Crippen molar-refractivity contribution in [1.82, 2.24) is 0 Å². The molecule has 0 saturated heterocycles. The normalized spacial score (nSPS) is 42.5. The summed E-state index contributed by atoms with van der Waals surface area (Å²) in [6.45, 7) is 15.1. The third kappa shape index (κ3) is 3.53. The lowest BCUT2D eigenvalue weighted by atomic mass is 9.44. The lowest BCUT2D eigenvalue weighted by Gasteiger charge is -2.59. The average Bonchev–Trinajstić information content (AvgIpc) is 3.06. The van der Waals surface area contributed by atoms with Crippen LogP contribution in [0.1, 0.15) is 99.8 Å². The number of aliphatic hydroxyl groups is 3. The SMILES string of the molecule is C[C@H](CC[C@@H](O)[C@](C)(O)CO)C1CC[C@]2(C)C3=CC[C@H]4C(C)(C)C(=O)CC[C@]4(C)C3=CC[C@@]12C. The molecule has 0 radical (unpaired) electrons. The van der Waals surface area contributed by atoms with E-state index in [2.05, 4.69) is 53.7 Å². The predicted octanol–water partition coefficient (Wildman–Crippen LogP) is 5.60. The summed E-state index contributed by atoms with van der Waals surface area (Å²) in [5, 5.41) is 30.0. The molecule has 0 spiro atoms. The molecule has 4 rings (SSSR count). The molecule has 0 aromatic rings. The van der Waals surface area contributed by atoms with Gasteiger partial charge in [0, 0.05) is 11.8 Å². The maximum atomic E-state index is 12.8. The second-order valence-corrected chi connectivity index (χ2v) is 13.8. The summed E-state index contributed by atoms with van der Waals surface area (Å²) in [4.78, 5) is 12.8. The Bertz CT molecular complexity index is 897. The van der Waals surface area contributed by atoms with Crippen LogP contribution in [0.3, 0.4) is 0 Å². The Morgan fingerprint density at radius 1 is 1.09 bits per heavy atom. The van der Waals surface area contributed by atoms with Crippen molar-refractivity contribution in [3.05, 3.63) is 23.3 Å². The number of aliphatic hydroxyl groups excluding tert-OH is 2. The Kier molecular flexibility index (Phi) is 6.36. The fourth-order valence-corrected chi connectivity index (χ4v) is 8.80. The van der Waals surface area contributed by atoms with Crippen LogP contribution in [0.4, 0.5) is 0 Å². The molecule has 2 saturated carbocycles. The van der Waals surface area contributed by atoms with E-state index in [-0.39, 0.29) is 21.7 Å². The molecule has 0 heterocycles. The molecule has 8 atom stereocenters. The molecule has 1 unspecified atom stereocenters. The largest absolute Gasteiger partial charge is 0.393 e. The first-order valence-electron chi connectivity index (χ1n) is 13.6. The summed E-state index contributed by atoms with van der Waals surface area (Å²) in [6.07, 6.45) is 11.6. The number of allylic oxidation sites excluding steroid dienone is 4. The van der Waals surface area contributed by atoms with E-state index >= 15 is 0 Å². The molecule has 192 valence electrons. The first-order valence-corrected chi connectivity index (χ1v) is 13.6. The van der Waals surface area contributed by atoms with Gasteiger partial charge in [0.2, 0.25) is 0 Å². The summed E-state index contributed by atoms with van der Waals surface area (Å²) in [6, 6.07) is 0. The number of hydrogen-bond donors (Lipinski definition) is 3. The van der Waals surface area contributed by atoms with Crippen LogP contribution in [0.15, 0.2) is 23.3 Å². The molecule has 34 heavy (non-hydrogen) atoms. The van der Waals surface area contributed by atoms with Crippen molar-refractivity contribution in [3.63, 3.8) is 0 Å². The van der Waals surface area contributed by atoms with E-state index in [0.717, 1.165) is 25.7 Å². The Morgan fingerprint density at radius 3 is 2.41 bits per heavy atom. The van der Waals surface area contributed by atoms with Crippen LogP contribution in [0.25, 0.3) is 0 Å². The zero-order chi connectivity index (χ0) is 25.3. The number of carbonyl (C=O) groups is 1. The highest BCUT2D eigenvalue weighted by molar-refractivity contribution is 5.86. The van der Waals surface area contributed by atoms with Gasteiger partial charge >= 0.3 is 0 Å². The Morgan fingerprint density at radius 2 is 1.76 bits per heavy atom. The molecule has 0 aromatic carbocycles. The van der Waals surface area contributed by atoms with Crippen molar-refractivity contribution in [2.75, 3.05) is 6.61 Å². The van der Waals surface area contributed by atoms with Gasteiger partial charge in [0.25, 0.3) is 0 Å². The molecule has 4 aliphatic rings. The minimum absolute atomic E-state index is 0.0789. The summed E-state index contributed by atoms with van der Waals surface area (Å²) >= 11 is 0. The first-order chi connectivity index (χ1) is 15.6. The van der Waals surface area contributed by atoms with Crippen molar-refractivity contribution in [2.24, 2.45) is 39.4 Å². The average molecular weight is 473 g/mol. The van der Waals surface area contributed by atoms with Gasteiger partial charge in [-0.15, -0.1) is 0 Å². The summed E-state index contributed by atoms with van der Waals surface area (Å²) in [5.41, 5.74) is 1.76. The lowest BCUT2D eigenvalue weighted by molar-refractivity contribution is -0.138. The quantitative estimate of drug-likeness (QED) is 0.470. The van der Waals surface area contributed by atoms with Gasteiger partial charge in [0.15, 0.2) is 0 Å². The standard InChI is InChI=1S/C30H48O4/c1-19(8-11-25(33)30(7,34)18-31)20-12-16-29(6)22-9-10-23-26(2,3)24(32)14-15-27(23,4)21(22)13-17-28(20,29)5/h9,13,19-20,23,25,31,33-34H,8,10-12,14-18H2,1-7H3/t19-,20?,23+,25-,27-,28+,29-,30-/m1/s1. The molecule has 4 heteroatoms. The van der Waals surface area contributed by atoms with Gasteiger partial charge in [-0.3, -0.25) is 4.79 Å². The molecular formula is C30H48O4. The fourth-order valence-electron chi connectivity index (χ4n) is 8.80. The maximum absolute atomic E-state index is 12.8.